The van der Waals surface area contributed by atoms with Crippen molar-refractivity contribution in [3.8, 4) is 0 Å². The molecule has 0 N–H and O–H groups in total. The molecule has 5 aromatic carbocycles. The van der Waals surface area contributed by atoms with Gasteiger partial charge in [0, 0.05) is 55.0 Å². The number of fused-ring (bicyclic) bond motifs is 5. The number of hydrogen-bond acceptors (Lipinski definition) is 4. The normalized spacial score (nSPS) is 25.4. The summed E-state index contributed by atoms with van der Waals surface area (Å²) in [4.78, 5) is 6.32. The maximum Gasteiger partial charge on any atom is 0.147 e. The van der Waals surface area contributed by atoms with Crippen molar-refractivity contribution in [2.45, 2.75) is 23.8 Å². The van der Waals surface area contributed by atoms with E-state index in [1.54, 1.807) is 0 Å². The van der Waals surface area contributed by atoms with E-state index in [1.807, 2.05) is 146 Å². The molecule has 0 radical (unpaired) electrons. The van der Waals surface area contributed by atoms with Crippen molar-refractivity contribution in [2.24, 2.45) is 22.9 Å². The third kappa shape index (κ3) is 4.38. The fraction of sp³-hybridized carbons (Fsp3) is 0.184. The van der Waals surface area contributed by atoms with E-state index in [0.717, 1.165) is 38.9 Å². The first-order chi connectivity index (χ1) is 22.0. The lowest BCUT2D eigenvalue weighted by atomic mass is 9.80. The number of oxime groups is 1. The van der Waals surface area contributed by atoms with Gasteiger partial charge in [-0.1, -0.05) is 156 Å². The predicted molar refractivity (Wildman–Crippen MR) is 185 cm³/mol. The molecule has 0 saturated heterocycles. The third-order valence-electron chi connectivity index (χ3n) is 10.1. The van der Waals surface area contributed by atoms with Crippen molar-refractivity contribution in [1.82, 2.24) is 0 Å². The molecule has 3 aliphatic rings. The molecule has 2 aliphatic carbocycles. The summed E-state index contributed by atoms with van der Waals surface area (Å²) in [6.07, 6.45) is 0.477. The van der Waals surface area contributed by atoms with Crippen LogP contribution in [0.5, 0.6) is 0 Å². The maximum atomic E-state index is 16.4. The van der Waals surface area contributed by atoms with Gasteiger partial charge in [-0.15, -0.1) is 0 Å². The minimum Gasteiger partial charge on any atom is -0.391 e. The molecule has 0 spiro atoms. The first-order valence-electron chi connectivity index (χ1n) is 15.4. The molecule has 7 heteroatoms. The second kappa shape index (κ2) is 11.3. The first kappa shape index (κ1) is 28.8. The molecule has 1 heterocycles. The molecule has 45 heavy (non-hydrogen) atoms. The van der Waals surface area contributed by atoms with Crippen molar-refractivity contribution in [3.63, 3.8) is 0 Å². The standard InChI is InChI=1S/C38H32ClNO3P2/c39-33-24-14-13-23-30(33)35-34-31-25-32(36(34)43-40-35)38(45(42,28-19-9-3-10-20-28)29-21-11-4-12-22-29)37(31)44(41,26-15-5-1-6-16-26)27-17-7-2-8-18-27/h1-24,31-32,34,36-38H,25H2/t31-,32-,34+,36-,37-,38+/m0/s1. The van der Waals surface area contributed by atoms with Gasteiger partial charge in [-0.2, -0.15) is 0 Å². The largest absolute Gasteiger partial charge is 0.391 e. The summed E-state index contributed by atoms with van der Waals surface area (Å²) in [5.74, 6) is -0.327. The van der Waals surface area contributed by atoms with Gasteiger partial charge in [0.25, 0.3) is 0 Å². The molecule has 0 amide bonds. The zero-order chi connectivity index (χ0) is 30.6. The smallest absolute Gasteiger partial charge is 0.147 e. The number of hydrogen-bond donors (Lipinski definition) is 0. The molecule has 0 unspecified atom stereocenters. The average molecular weight is 648 g/mol. The van der Waals surface area contributed by atoms with E-state index in [4.69, 9.17) is 16.4 Å². The van der Waals surface area contributed by atoms with Gasteiger partial charge < -0.3 is 14.0 Å². The summed E-state index contributed by atoms with van der Waals surface area (Å²) in [5.41, 5.74) is 0.802. The highest BCUT2D eigenvalue weighted by Crippen LogP contribution is 2.73. The van der Waals surface area contributed by atoms with E-state index in [2.05, 4.69) is 5.16 Å². The monoisotopic (exact) mass is 647 g/mol. The molecule has 2 saturated carbocycles. The Balaban J connectivity index is 1.40. The second-order valence-corrected chi connectivity index (χ2v) is 18.6. The molecule has 224 valence electrons. The minimum absolute atomic E-state index is 0.0884. The Bertz CT molecular complexity index is 1880. The van der Waals surface area contributed by atoms with Crippen LogP contribution in [0.2, 0.25) is 5.02 Å². The van der Waals surface area contributed by atoms with Crippen LogP contribution in [0.1, 0.15) is 12.0 Å². The Labute approximate surface area is 268 Å². The van der Waals surface area contributed by atoms with Crippen LogP contribution < -0.4 is 21.2 Å². The van der Waals surface area contributed by atoms with Crippen LogP contribution in [0.15, 0.2) is 151 Å². The lowest BCUT2D eigenvalue weighted by Gasteiger charge is -2.44. The highest BCUT2D eigenvalue weighted by Gasteiger charge is 2.70. The van der Waals surface area contributed by atoms with Crippen LogP contribution in [0, 0.1) is 17.8 Å². The van der Waals surface area contributed by atoms with Crippen LogP contribution >= 0.6 is 25.9 Å². The summed E-state index contributed by atoms with van der Waals surface area (Å²) >= 11 is 6.74. The summed E-state index contributed by atoms with van der Waals surface area (Å²) in [6.45, 7) is 0. The lowest BCUT2D eigenvalue weighted by Crippen LogP contribution is -2.50. The van der Waals surface area contributed by atoms with Gasteiger partial charge in [0.05, 0.1) is 5.71 Å². The van der Waals surface area contributed by atoms with Gasteiger partial charge in [-0.3, -0.25) is 0 Å². The van der Waals surface area contributed by atoms with E-state index in [-0.39, 0.29) is 23.9 Å². The van der Waals surface area contributed by atoms with E-state index in [9.17, 15) is 0 Å². The second-order valence-electron chi connectivity index (χ2n) is 12.3. The number of nitrogens with zero attached hydrogens (tertiary/aromatic N) is 1. The van der Waals surface area contributed by atoms with E-state index in [0.29, 0.717) is 5.02 Å². The molecule has 2 fully saturated rings. The first-order valence-corrected chi connectivity index (χ1v) is 19.4. The molecule has 4 nitrogen and oxygen atoms in total. The zero-order valence-corrected chi connectivity index (χ0v) is 27.0. The van der Waals surface area contributed by atoms with Crippen LogP contribution in [0.3, 0.4) is 0 Å². The Hall–Kier alpha value is -3.68. The minimum atomic E-state index is -3.40. The Morgan fingerprint density at radius 2 is 0.956 bits per heavy atom. The Morgan fingerprint density at radius 3 is 1.40 bits per heavy atom. The quantitative estimate of drug-likeness (QED) is 0.172. The third-order valence-corrected chi connectivity index (χ3v) is 18.1. The van der Waals surface area contributed by atoms with E-state index >= 15 is 9.13 Å². The molecule has 0 aromatic heterocycles. The zero-order valence-electron chi connectivity index (χ0n) is 24.5. The Morgan fingerprint density at radius 1 is 0.556 bits per heavy atom. The van der Waals surface area contributed by atoms with Gasteiger partial charge in [0.2, 0.25) is 0 Å². The number of halogens is 1. The van der Waals surface area contributed by atoms with E-state index < -0.39 is 25.6 Å². The topological polar surface area (TPSA) is 55.7 Å². The highest BCUT2D eigenvalue weighted by atomic mass is 35.5. The van der Waals surface area contributed by atoms with Crippen molar-refractivity contribution >= 4 is 52.8 Å². The molecular formula is C38H32ClNO3P2. The molecule has 8 rings (SSSR count). The van der Waals surface area contributed by atoms with E-state index in [1.165, 1.54) is 0 Å². The number of rotatable bonds is 7. The fourth-order valence-electron chi connectivity index (χ4n) is 8.43. The van der Waals surface area contributed by atoms with Gasteiger partial charge in [0.1, 0.15) is 20.4 Å². The summed E-state index contributed by atoms with van der Waals surface area (Å²) in [5, 5.41) is 8.44. The molecule has 1 aliphatic heterocycles. The highest BCUT2D eigenvalue weighted by molar-refractivity contribution is 7.83. The molecular weight excluding hydrogens is 616 g/mol. The van der Waals surface area contributed by atoms with Crippen LogP contribution in [0.25, 0.3) is 0 Å². The maximum absolute atomic E-state index is 16.4. The molecule has 5 aromatic rings. The van der Waals surface area contributed by atoms with Gasteiger partial charge in [0.15, 0.2) is 0 Å². The average Bonchev–Trinajstić information content (AvgIpc) is 3.82. The summed E-state index contributed by atoms with van der Waals surface area (Å²) in [6, 6.07) is 47.0. The van der Waals surface area contributed by atoms with Crippen molar-refractivity contribution in [3.05, 3.63) is 156 Å². The lowest BCUT2D eigenvalue weighted by molar-refractivity contribution is 0.0293. The van der Waals surface area contributed by atoms with Crippen molar-refractivity contribution in [2.75, 3.05) is 0 Å². The van der Waals surface area contributed by atoms with Crippen molar-refractivity contribution < 1.29 is 14.0 Å². The van der Waals surface area contributed by atoms with Crippen LogP contribution in [-0.2, 0) is 14.0 Å². The van der Waals surface area contributed by atoms with Crippen molar-refractivity contribution in [1.29, 1.82) is 0 Å². The number of benzene rings is 5. The van der Waals surface area contributed by atoms with Gasteiger partial charge in [-0.05, 0) is 18.4 Å². The predicted octanol–water partition coefficient (Wildman–Crippen LogP) is 7.47. The Kier molecular flexibility index (Phi) is 7.22. The summed E-state index contributed by atoms with van der Waals surface area (Å²) < 4.78 is 32.7. The fourth-order valence-corrected chi connectivity index (χ4v) is 17.2. The summed E-state index contributed by atoms with van der Waals surface area (Å²) in [7, 11) is -6.79. The molecule has 2 bridgehead atoms. The van der Waals surface area contributed by atoms with Gasteiger partial charge in [-0.25, -0.2) is 0 Å². The molecule has 6 atom stereocenters. The van der Waals surface area contributed by atoms with Gasteiger partial charge >= 0.3 is 0 Å². The van der Waals surface area contributed by atoms with Crippen LogP contribution in [0.4, 0.5) is 0 Å². The SMILES string of the molecule is O=P(c1ccccc1)(c1ccccc1)[C@@H]1[C@H]2C[C@@H]([C@@H]3C(c4ccccc4Cl)=NO[C@@H]23)[C@@H]1P(=O)(c1ccccc1)c1ccccc1. The van der Waals surface area contributed by atoms with Crippen LogP contribution in [-0.4, -0.2) is 23.1 Å².